The van der Waals surface area contributed by atoms with Crippen LogP contribution in [0.15, 0.2) is 71.3 Å². The Balaban J connectivity index is 1.60. The van der Waals surface area contributed by atoms with Crippen LogP contribution in [0.25, 0.3) is 0 Å². The molecule has 0 aliphatic carbocycles. The minimum atomic E-state index is -0.246. The number of hydrogen-bond acceptors (Lipinski definition) is 4. The summed E-state index contributed by atoms with van der Waals surface area (Å²) in [5.41, 5.74) is 2.53. The number of pyridine rings is 1. The van der Waals surface area contributed by atoms with Crippen molar-refractivity contribution in [3.8, 4) is 5.75 Å². The van der Waals surface area contributed by atoms with Crippen LogP contribution in [0.5, 0.6) is 5.75 Å². The first-order chi connectivity index (χ1) is 13.6. The lowest BCUT2D eigenvalue weighted by Gasteiger charge is -2.22. The van der Waals surface area contributed by atoms with Gasteiger partial charge in [-0.3, -0.25) is 9.88 Å². The molecule has 0 bridgehead atoms. The number of aliphatic hydroxyl groups excluding tert-OH is 1. The van der Waals surface area contributed by atoms with E-state index < -0.39 is 0 Å². The van der Waals surface area contributed by atoms with E-state index >= 15 is 0 Å². The smallest absolute Gasteiger partial charge is 0.130 e. The van der Waals surface area contributed by atoms with Gasteiger partial charge in [-0.25, -0.2) is 4.39 Å². The summed E-state index contributed by atoms with van der Waals surface area (Å²) < 4.78 is 20.6. The first-order valence-corrected chi connectivity index (χ1v) is 9.82. The van der Waals surface area contributed by atoms with E-state index in [2.05, 4.69) is 20.9 Å². The summed E-state index contributed by atoms with van der Waals surface area (Å²) in [6.45, 7) is 1.92. The van der Waals surface area contributed by atoms with Crippen LogP contribution >= 0.6 is 15.9 Å². The van der Waals surface area contributed by atoms with E-state index in [9.17, 15) is 9.50 Å². The Hall–Kier alpha value is -2.28. The van der Waals surface area contributed by atoms with Crippen LogP contribution in [0.4, 0.5) is 4.39 Å². The van der Waals surface area contributed by atoms with Gasteiger partial charge in [0.1, 0.15) is 18.2 Å². The highest BCUT2D eigenvalue weighted by molar-refractivity contribution is 9.10. The van der Waals surface area contributed by atoms with Crippen LogP contribution in [-0.2, 0) is 19.7 Å². The van der Waals surface area contributed by atoms with Crippen LogP contribution in [0.2, 0.25) is 0 Å². The second kappa shape index (κ2) is 10.3. The molecule has 0 saturated carbocycles. The van der Waals surface area contributed by atoms with Crippen molar-refractivity contribution in [2.24, 2.45) is 0 Å². The summed E-state index contributed by atoms with van der Waals surface area (Å²) in [7, 11) is 0. The molecule has 2 aromatic carbocycles. The minimum Gasteiger partial charge on any atom is -0.487 e. The van der Waals surface area contributed by atoms with Gasteiger partial charge in [-0.05, 0) is 48.0 Å². The molecule has 1 heterocycles. The van der Waals surface area contributed by atoms with E-state index in [1.807, 2.05) is 47.4 Å². The number of ether oxygens (including phenoxy) is 1. The molecule has 6 heteroatoms. The average molecular weight is 445 g/mol. The predicted octanol–water partition coefficient (Wildman–Crippen LogP) is 4.56. The van der Waals surface area contributed by atoms with E-state index in [0.29, 0.717) is 31.8 Å². The van der Waals surface area contributed by atoms with Crippen LogP contribution < -0.4 is 4.74 Å². The zero-order chi connectivity index (χ0) is 19.8. The fourth-order valence-electron chi connectivity index (χ4n) is 2.85. The molecule has 0 atom stereocenters. The van der Waals surface area contributed by atoms with Crippen molar-refractivity contribution in [1.82, 2.24) is 9.88 Å². The topological polar surface area (TPSA) is 45.6 Å². The molecule has 4 nitrogen and oxygen atoms in total. The average Bonchev–Trinajstić information content (AvgIpc) is 2.71. The van der Waals surface area contributed by atoms with Crippen LogP contribution in [0.3, 0.4) is 0 Å². The van der Waals surface area contributed by atoms with Crippen LogP contribution in [0.1, 0.15) is 16.8 Å². The molecule has 0 saturated heterocycles. The van der Waals surface area contributed by atoms with Crippen molar-refractivity contribution in [1.29, 1.82) is 0 Å². The van der Waals surface area contributed by atoms with Gasteiger partial charge in [0.2, 0.25) is 0 Å². The third-order valence-electron chi connectivity index (χ3n) is 4.26. The molecule has 146 valence electrons. The van der Waals surface area contributed by atoms with E-state index in [1.54, 1.807) is 18.3 Å². The molecule has 0 radical (unpaired) electrons. The standard InChI is InChI=1S/C22H22BrFN2O2/c23-19-6-9-22(24)18(13-19)15-26(11-12-27)14-17-4-7-21(8-5-17)28-16-20-3-1-2-10-25-20/h1-10,13,27H,11-12,14-16H2. The predicted molar refractivity (Wildman–Crippen MR) is 110 cm³/mol. The second-order valence-electron chi connectivity index (χ2n) is 6.42. The molecule has 1 N–H and O–H groups in total. The number of hydrogen-bond donors (Lipinski definition) is 1. The molecule has 0 amide bonds. The summed E-state index contributed by atoms with van der Waals surface area (Å²) in [6, 6.07) is 18.4. The lowest BCUT2D eigenvalue weighted by atomic mass is 10.1. The lowest BCUT2D eigenvalue weighted by molar-refractivity contribution is 0.182. The van der Waals surface area contributed by atoms with Gasteiger partial charge < -0.3 is 9.84 Å². The minimum absolute atomic E-state index is 0.0148. The van der Waals surface area contributed by atoms with E-state index in [0.717, 1.165) is 21.5 Å². The Morgan fingerprint density at radius 3 is 2.57 bits per heavy atom. The highest BCUT2D eigenvalue weighted by atomic mass is 79.9. The Kier molecular flexibility index (Phi) is 7.54. The van der Waals surface area contributed by atoms with Gasteiger partial charge in [0.25, 0.3) is 0 Å². The van der Waals surface area contributed by atoms with Crippen LogP contribution in [0, 0.1) is 5.82 Å². The number of aliphatic hydroxyl groups is 1. The lowest BCUT2D eigenvalue weighted by Crippen LogP contribution is -2.26. The van der Waals surface area contributed by atoms with Crippen molar-refractivity contribution < 1.29 is 14.2 Å². The van der Waals surface area contributed by atoms with Crippen molar-refractivity contribution in [2.75, 3.05) is 13.2 Å². The Morgan fingerprint density at radius 2 is 1.86 bits per heavy atom. The normalized spacial score (nSPS) is 11.0. The largest absolute Gasteiger partial charge is 0.487 e. The third-order valence-corrected chi connectivity index (χ3v) is 4.75. The molecule has 0 aliphatic heterocycles. The molecule has 3 aromatic rings. The Bertz CT molecular complexity index is 875. The molecular weight excluding hydrogens is 423 g/mol. The first kappa shape index (κ1) is 20.5. The van der Waals surface area contributed by atoms with E-state index in [1.165, 1.54) is 6.07 Å². The molecular formula is C22H22BrFN2O2. The molecule has 3 rings (SSSR count). The zero-order valence-corrected chi connectivity index (χ0v) is 17.0. The summed E-state index contributed by atoms with van der Waals surface area (Å²) in [4.78, 5) is 6.24. The number of rotatable bonds is 9. The summed E-state index contributed by atoms with van der Waals surface area (Å²) in [6.07, 6.45) is 1.74. The molecule has 0 spiro atoms. The maximum absolute atomic E-state index is 14.1. The summed E-state index contributed by atoms with van der Waals surface area (Å²) in [5, 5.41) is 9.37. The van der Waals surface area contributed by atoms with Gasteiger partial charge in [0, 0.05) is 35.9 Å². The number of benzene rings is 2. The molecule has 1 aromatic heterocycles. The molecule has 0 unspecified atom stereocenters. The highest BCUT2D eigenvalue weighted by Crippen LogP contribution is 2.19. The number of halogens is 2. The van der Waals surface area contributed by atoms with Crippen molar-refractivity contribution in [2.45, 2.75) is 19.7 Å². The van der Waals surface area contributed by atoms with Gasteiger partial charge in [-0.2, -0.15) is 0 Å². The SMILES string of the molecule is OCCN(Cc1ccc(OCc2ccccn2)cc1)Cc1cc(Br)ccc1F. The van der Waals surface area contributed by atoms with E-state index in [-0.39, 0.29) is 12.4 Å². The van der Waals surface area contributed by atoms with Gasteiger partial charge in [-0.1, -0.05) is 34.1 Å². The summed E-state index contributed by atoms with van der Waals surface area (Å²) >= 11 is 3.38. The molecule has 0 aliphatic rings. The van der Waals surface area contributed by atoms with Gasteiger partial charge >= 0.3 is 0 Å². The van der Waals surface area contributed by atoms with E-state index in [4.69, 9.17) is 4.74 Å². The Morgan fingerprint density at radius 1 is 1.04 bits per heavy atom. The maximum Gasteiger partial charge on any atom is 0.130 e. The molecule has 0 fully saturated rings. The quantitative estimate of drug-likeness (QED) is 0.525. The Labute approximate surface area is 172 Å². The van der Waals surface area contributed by atoms with Crippen LogP contribution in [-0.4, -0.2) is 28.1 Å². The summed E-state index contributed by atoms with van der Waals surface area (Å²) in [5.74, 6) is 0.519. The molecule has 28 heavy (non-hydrogen) atoms. The number of nitrogens with zero attached hydrogens (tertiary/aromatic N) is 2. The second-order valence-corrected chi connectivity index (χ2v) is 7.34. The van der Waals surface area contributed by atoms with Crippen molar-refractivity contribution in [3.63, 3.8) is 0 Å². The van der Waals surface area contributed by atoms with Gasteiger partial charge in [0.05, 0.1) is 12.3 Å². The van der Waals surface area contributed by atoms with Gasteiger partial charge in [0.15, 0.2) is 0 Å². The van der Waals surface area contributed by atoms with Crippen molar-refractivity contribution >= 4 is 15.9 Å². The maximum atomic E-state index is 14.1. The van der Waals surface area contributed by atoms with Gasteiger partial charge in [-0.15, -0.1) is 0 Å². The fourth-order valence-corrected chi connectivity index (χ4v) is 3.26. The van der Waals surface area contributed by atoms with Crippen molar-refractivity contribution in [3.05, 3.63) is 94.0 Å². The third kappa shape index (κ3) is 6.12. The monoisotopic (exact) mass is 444 g/mol. The zero-order valence-electron chi connectivity index (χ0n) is 15.4. The number of aromatic nitrogens is 1. The first-order valence-electron chi connectivity index (χ1n) is 9.03. The fraction of sp³-hybridized carbons (Fsp3) is 0.227. The highest BCUT2D eigenvalue weighted by Gasteiger charge is 2.11.